The zero-order chi connectivity index (χ0) is 25.9. The Labute approximate surface area is 213 Å². The lowest BCUT2D eigenvalue weighted by Crippen LogP contribution is -2.35. The first-order valence-electron chi connectivity index (χ1n) is 12.7. The van der Waals surface area contributed by atoms with Crippen LogP contribution in [0.3, 0.4) is 0 Å². The molecule has 192 valence electrons. The number of unbranched alkanes of at least 4 members (excludes halogenated alkanes) is 2. The van der Waals surface area contributed by atoms with Gasteiger partial charge in [0.1, 0.15) is 5.82 Å². The van der Waals surface area contributed by atoms with Crippen LogP contribution < -0.4 is 10.9 Å². The number of benzene rings is 2. The second kappa shape index (κ2) is 18.6. The van der Waals surface area contributed by atoms with Crippen molar-refractivity contribution in [1.82, 2.24) is 15.8 Å². The quantitative estimate of drug-likeness (QED) is 0.150. The molecule has 2 N–H and O–H groups in total. The lowest BCUT2D eigenvalue weighted by Gasteiger charge is -2.32. The topological polar surface area (TPSA) is 39.7 Å². The van der Waals surface area contributed by atoms with Crippen LogP contribution in [0.2, 0.25) is 0 Å². The van der Waals surface area contributed by atoms with E-state index in [1.165, 1.54) is 68.4 Å². The first kappa shape index (κ1) is 30.4. The molecule has 5 heteroatoms. The van der Waals surface area contributed by atoms with Crippen LogP contribution in [-0.2, 0) is 12.8 Å². The van der Waals surface area contributed by atoms with Gasteiger partial charge >= 0.3 is 0 Å². The Bertz CT molecular complexity index is 870. The highest BCUT2D eigenvalue weighted by atomic mass is 19.1. The van der Waals surface area contributed by atoms with Gasteiger partial charge in [0.25, 0.3) is 0 Å². The van der Waals surface area contributed by atoms with E-state index in [-0.39, 0.29) is 5.82 Å². The third-order valence-corrected chi connectivity index (χ3v) is 6.52. The van der Waals surface area contributed by atoms with E-state index in [9.17, 15) is 4.39 Å². The number of nitrogens with zero attached hydrogens (tertiary/aromatic N) is 2. The maximum absolute atomic E-state index is 13.6. The number of terminal acetylenes is 1. The predicted octanol–water partition coefficient (Wildman–Crippen LogP) is 5.73. The standard InChI is InChI=1S/C25H34FN.C3H9N3.C2H2/c1-20-11-12-23(18-21(20)2)19-22-13-16-27(17-14-22)15-7-3-4-8-24-9-5-6-10-25(24)26;1-4-3-6-5-2;1-2/h5-6,9-12,18,22H,3-4,7-8,13-17,19H2,1-2H3;3,5H,1-2H3,(H,4,6);1-2H. The zero-order valence-corrected chi connectivity index (χ0v) is 22.2. The van der Waals surface area contributed by atoms with Gasteiger partial charge in [0.2, 0.25) is 0 Å². The predicted molar refractivity (Wildman–Crippen MR) is 149 cm³/mol. The van der Waals surface area contributed by atoms with E-state index in [1.54, 1.807) is 32.6 Å². The van der Waals surface area contributed by atoms with E-state index in [4.69, 9.17) is 0 Å². The number of rotatable bonds is 10. The number of likely N-dealkylation sites (tertiary alicyclic amines) is 1. The zero-order valence-electron chi connectivity index (χ0n) is 22.2. The molecule has 0 amide bonds. The average Bonchev–Trinajstić information content (AvgIpc) is 2.88. The van der Waals surface area contributed by atoms with E-state index in [1.807, 2.05) is 12.1 Å². The summed E-state index contributed by atoms with van der Waals surface area (Å²) in [6, 6.07) is 14.1. The minimum atomic E-state index is -0.0525. The molecule has 0 radical (unpaired) electrons. The highest BCUT2D eigenvalue weighted by Crippen LogP contribution is 2.23. The van der Waals surface area contributed by atoms with Crippen molar-refractivity contribution >= 4 is 6.34 Å². The largest absolute Gasteiger partial charge is 0.313 e. The van der Waals surface area contributed by atoms with Crippen LogP contribution >= 0.6 is 0 Å². The monoisotopic (exact) mass is 480 g/mol. The van der Waals surface area contributed by atoms with E-state index in [0.717, 1.165) is 24.3 Å². The second-order valence-corrected chi connectivity index (χ2v) is 9.09. The van der Waals surface area contributed by atoms with Gasteiger partial charge in [-0.15, -0.1) is 12.8 Å². The Kier molecular flexibility index (Phi) is 16.1. The Morgan fingerprint density at radius 2 is 1.74 bits per heavy atom. The smallest absolute Gasteiger partial charge is 0.126 e. The maximum atomic E-state index is 13.6. The van der Waals surface area contributed by atoms with Crippen molar-refractivity contribution in [2.75, 3.05) is 33.7 Å². The molecule has 0 atom stereocenters. The van der Waals surface area contributed by atoms with E-state index in [0.29, 0.717) is 0 Å². The summed E-state index contributed by atoms with van der Waals surface area (Å²) >= 11 is 0. The number of hydrazine groups is 1. The fraction of sp³-hybridized carbons (Fsp3) is 0.500. The van der Waals surface area contributed by atoms with Gasteiger partial charge in [0.05, 0.1) is 6.34 Å². The Morgan fingerprint density at radius 3 is 2.34 bits per heavy atom. The molecule has 1 saturated heterocycles. The highest BCUT2D eigenvalue weighted by molar-refractivity contribution is 5.52. The molecule has 1 fully saturated rings. The number of nitrogens with one attached hydrogen (secondary N) is 2. The SMILES string of the molecule is C#C.CN=CNNC.Cc1ccc(CC2CCN(CCCCCc3ccccc3F)CC2)cc1C. The van der Waals surface area contributed by atoms with Crippen LogP contribution in [0.1, 0.15) is 54.4 Å². The fourth-order valence-electron chi connectivity index (χ4n) is 4.34. The van der Waals surface area contributed by atoms with E-state index in [2.05, 4.69) is 65.6 Å². The molecule has 0 saturated carbocycles. The molecule has 1 aliphatic rings. The average molecular weight is 481 g/mol. The van der Waals surface area contributed by atoms with Crippen LogP contribution in [0.4, 0.5) is 4.39 Å². The number of aryl methyl sites for hydroxylation is 3. The molecule has 0 aromatic heterocycles. The maximum Gasteiger partial charge on any atom is 0.126 e. The van der Waals surface area contributed by atoms with Crippen molar-refractivity contribution in [3.05, 3.63) is 70.5 Å². The first-order chi connectivity index (χ1) is 17.0. The van der Waals surface area contributed by atoms with Gasteiger partial charge in [-0.25, -0.2) is 9.82 Å². The molecule has 3 rings (SSSR count). The molecular formula is C30H45FN4. The molecule has 2 aromatic carbocycles. The van der Waals surface area contributed by atoms with Crippen molar-refractivity contribution in [1.29, 1.82) is 0 Å². The summed E-state index contributed by atoms with van der Waals surface area (Å²) in [5.74, 6) is 0.785. The molecule has 35 heavy (non-hydrogen) atoms. The van der Waals surface area contributed by atoms with Crippen molar-refractivity contribution in [3.8, 4) is 12.8 Å². The molecule has 0 spiro atoms. The van der Waals surface area contributed by atoms with Crippen molar-refractivity contribution in [2.24, 2.45) is 10.9 Å². The molecule has 0 aliphatic carbocycles. The van der Waals surface area contributed by atoms with Crippen LogP contribution in [0.25, 0.3) is 0 Å². The Balaban J connectivity index is 0.000000670. The first-order valence-corrected chi connectivity index (χ1v) is 12.7. The molecule has 2 aromatic rings. The summed E-state index contributed by atoms with van der Waals surface area (Å²) in [7, 11) is 3.48. The van der Waals surface area contributed by atoms with E-state index >= 15 is 0 Å². The highest BCUT2D eigenvalue weighted by Gasteiger charge is 2.19. The Hall–Kier alpha value is -2.68. The summed E-state index contributed by atoms with van der Waals surface area (Å²) in [5, 5.41) is 0. The minimum Gasteiger partial charge on any atom is -0.313 e. The van der Waals surface area contributed by atoms with Crippen LogP contribution in [0, 0.1) is 38.4 Å². The molecule has 0 unspecified atom stereocenters. The summed E-state index contributed by atoms with van der Waals surface area (Å²) in [4.78, 5) is 6.25. The number of aliphatic imine (C=N–C) groups is 1. The van der Waals surface area contributed by atoms with Gasteiger partial charge in [-0.3, -0.25) is 4.99 Å². The summed E-state index contributed by atoms with van der Waals surface area (Å²) in [5.41, 5.74) is 10.5. The van der Waals surface area contributed by atoms with Gasteiger partial charge in [0, 0.05) is 14.1 Å². The van der Waals surface area contributed by atoms with E-state index < -0.39 is 0 Å². The van der Waals surface area contributed by atoms with Gasteiger partial charge in [0.15, 0.2) is 0 Å². The second-order valence-electron chi connectivity index (χ2n) is 9.09. The van der Waals surface area contributed by atoms with Gasteiger partial charge in [-0.2, -0.15) is 0 Å². The van der Waals surface area contributed by atoms with Crippen molar-refractivity contribution in [2.45, 2.75) is 58.8 Å². The van der Waals surface area contributed by atoms with Gasteiger partial charge < -0.3 is 10.3 Å². The number of halogens is 1. The van der Waals surface area contributed by atoms with Crippen LogP contribution in [-0.4, -0.2) is 45.0 Å². The van der Waals surface area contributed by atoms with Crippen molar-refractivity contribution in [3.63, 3.8) is 0 Å². The molecule has 4 nitrogen and oxygen atoms in total. The van der Waals surface area contributed by atoms with Gasteiger partial charge in [-0.1, -0.05) is 42.8 Å². The number of piperidine rings is 1. The Morgan fingerprint density at radius 1 is 1.03 bits per heavy atom. The lowest BCUT2D eigenvalue weighted by atomic mass is 9.89. The third-order valence-electron chi connectivity index (χ3n) is 6.52. The minimum absolute atomic E-state index is 0.0525. The van der Waals surface area contributed by atoms with Gasteiger partial charge in [-0.05, 0) is 106 Å². The number of hydrogen-bond donors (Lipinski definition) is 2. The molecule has 0 bridgehead atoms. The third kappa shape index (κ3) is 12.5. The lowest BCUT2D eigenvalue weighted by molar-refractivity contribution is 0.181. The molecule has 1 aliphatic heterocycles. The summed E-state index contributed by atoms with van der Waals surface area (Å²) in [6.07, 6.45) is 17.8. The molecule has 1 heterocycles. The fourth-order valence-corrected chi connectivity index (χ4v) is 4.34. The number of hydrogen-bond acceptors (Lipinski definition) is 3. The van der Waals surface area contributed by atoms with Crippen LogP contribution in [0.15, 0.2) is 47.5 Å². The normalized spacial score (nSPS) is 14.0. The summed E-state index contributed by atoms with van der Waals surface area (Å²) in [6.45, 7) is 8.08. The summed E-state index contributed by atoms with van der Waals surface area (Å²) < 4.78 is 13.6. The van der Waals surface area contributed by atoms with Crippen molar-refractivity contribution < 1.29 is 4.39 Å². The van der Waals surface area contributed by atoms with Crippen LogP contribution in [0.5, 0.6) is 0 Å². The molecular weight excluding hydrogens is 435 g/mol.